The van der Waals surface area contributed by atoms with Crippen LogP contribution < -0.4 is 19.5 Å². The molecule has 152 valence electrons. The molecule has 0 aliphatic carbocycles. The van der Waals surface area contributed by atoms with Gasteiger partial charge in [0.2, 0.25) is 0 Å². The van der Waals surface area contributed by atoms with Crippen LogP contribution in [0.3, 0.4) is 0 Å². The molecule has 2 amide bonds. The number of piperidine rings is 1. The monoisotopic (exact) mass is 396 g/mol. The van der Waals surface area contributed by atoms with Crippen molar-refractivity contribution in [2.45, 2.75) is 18.4 Å². The van der Waals surface area contributed by atoms with E-state index in [9.17, 15) is 9.59 Å². The summed E-state index contributed by atoms with van der Waals surface area (Å²) >= 11 is 0. The third-order valence-electron chi connectivity index (χ3n) is 5.48. The first-order chi connectivity index (χ1) is 14.1. The van der Waals surface area contributed by atoms with E-state index in [1.54, 1.807) is 42.3 Å². The van der Waals surface area contributed by atoms with E-state index in [1.807, 2.05) is 18.2 Å². The van der Waals surface area contributed by atoms with Gasteiger partial charge in [-0.1, -0.05) is 12.1 Å². The number of nitrogens with one attached hydrogen (secondary N) is 1. The predicted molar refractivity (Wildman–Crippen MR) is 106 cm³/mol. The zero-order valence-corrected chi connectivity index (χ0v) is 16.3. The van der Waals surface area contributed by atoms with E-state index in [0.717, 1.165) is 5.75 Å². The fourth-order valence-electron chi connectivity index (χ4n) is 3.70. The van der Waals surface area contributed by atoms with Gasteiger partial charge in [0.25, 0.3) is 11.8 Å². The molecule has 1 saturated heterocycles. The van der Waals surface area contributed by atoms with Crippen LogP contribution in [0, 0.1) is 0 Å². The van der Waals surface area contributed by atoms with Crippen LogP contribution in [0.15, 0.2) is 48.5 Å². The van der Waals surface area contributed by atoms with Crippen LogP contribution in [0.1, 0.15) is 23.2 Å². The van der Waals surface area contributed by atoms with E-state index in [2.05, 4.69) is 5.32 Å². The number of carbonyl (C=O) groups excluding carboxylic acids is 2. The fourth-order valence-corrected chi connectivity index (χ4v) is 3.70. The molecule has 0 unspecified atom stereocenters. The van der Waals surface area contributed by atoms with Gasteiger partial charge in [-0.25, -0.2) is 0 Å². The molecule has 7 nitrogen and oxygen atoms in total. The summed E-state index contributed by atoms with van der Waals surface area (Å²) in [6.07, 6.45) is 1.30. The maximum absolute atomic E-state index is 12.5. The molecule has 7 heteroatoms. The molecule has 2 aliphatic rings. The molecule has 0 radical (unpaired) electrons. The van der Waals surface area contributed by atoms with Gasteiger partial charge in [-0.2, -0.15) is 0 Å². The topological polar surface area (TPSA) is 77.1 Å². The second kappa shape index (κ2) is 8.03. The van der Waals surface area contributed by atoms with Crippen molar-refractivity contribution in [3.05, 3.63) is 54.1 Å². The number of methoxy groups -OCH3 is 1. The van der Waals surface area contributed by atoms with E-state index in [4.69, 9.17) is 14.2 Å². The summed E-state index contributed by atoms with van der Waals surface area (Å²) in [5, 5.41) is 2.96. The average Bonchev–Trinajstić information content (AvgIpc) is 2.90. The Morgan fingerprint density at radius 2 is 1.79 bits per heavy atom. The van der Waals surface area contributed by atoms with E-state index in [0.29, 0.717) is 49.5 Å². The normalized spacial score (nSPS) is 17.6. The van der Waals surface area contributed by atoms with Gasteiger partial charge in [0.1, 0.15) is 22.8 Å². The minimum Gasteiger partial charge on any atom is -0.497 e. The van der Waals surface area contributed by atoms with Gasteiger partial charge in [0.15, 0.2) is 6.61 Å². The van der Waals surface area contributed by atoms with Crippen LogP contribution in [0.2, 0.25) is 0 Å². The van der Waals surface area contributed by atoms with Gasteiger partial charge in [-0.15, -0.1) is 0 Å². The fraction of sp³-hybridized carbons (Fsp3) is 0.364. The summed E-state index contributed by atoms with van der Waals surface area (Å²) in [5.74, 6) is 1.78. The molecule has 1 fully saturated rings. The van der Waals surface area contributed by atoms with Crippen molar-refractivity contribution in [2.75, 3.05) is 33.4 Å². The number of fused-ring (bicyclic) bond motifs is 1. The first kappa shape index (κ1) is 19.1. The third kappa shape index (κ3) is 4.13. The van der Waals surface area contributed by atoms with Crippen molar-refractivity contribution in [3.8, 4) is 17.2 Å². The van der Waals surface area contributed by atoms with Crippen LogP contribution in [-0.2, 0) is 4.79 Å². The lowest BCUT2D eigenvalue weighted by atomic mass is 9.91. The highest BCUT2D eigenvalue weighted by Crippen LogP contribution is 2.32. The minimum atomic E-state index is -0.490. The maximum Gasteiger partial charge on any atom is 0.260 e. The molecule has 0 bridgehead atoms. The number of ether oxygens (including phenoxy) is 3. The Morgan fingerprint density at radius 3 is 2.52 bits per heavy atom. The summed E-state index contributed by atoms with van der Waals surface area (Å²) in [4.78, 5) is 26.6. The molecule has 0 aromatic heterocycles. The lowest BCUT2D eigenvalue weighted by molar-refractivity contribution is -0.136. The molecule has 1 spiro atoms. The third-order valence-corrected chi connectivity index (χ3v) is 5.48. The van der Waals surface area contributed by atoms with Gasteiger partial charge in [0.05, 0.1) is 19.2 Å². The van der Waals surface area contributed by atoms with Crippen molar-refractivity contribution in [1.82, 2.24) is 10.2 Å². The number of para-hydroxylation sites is 1. The Hall–Kier alpha value is -3.22. The summed E-state index contributed by atoms with van der Waals surface area (Å²) in [6, 6.07) is 14.4. The lowest BCUT2D eigenvalue weighted by Gasteiger charge is -2.41. The van der Waals surface area contributed by atoms with Crippen LogP contribution in [0.4, 0.5) is 0 Å². The van der Waals surface area contributed by atoms with Crippen molar-refractivity contribution < 1.29 is 23.8 Å². The molecule has 2 aliphatic heterocycles. The summed E-state index contributed by atoms with van der Waals surface area (Å²) < 4.78 is 17.0. The second-order valence-corrected chi connectivity index (χ2v) is 7.31. The molecular formula is C22H24N2O5. The number of nitrogens with zero attached hydrogens (tertiary/aromatic N) is 1. The van der Waals surface area contributed by atoms with Crippen LogP contribution in [0.5, 0.6) is 17.2 Å². The Kier molecular flexibility index (Phi) is 5.29. The first-order valence-electron chi connectivity index (χ1n) is 9.69. The lowest BCUT2D eigenvalue weighted by Crippen LogP contribution is -2.54. The standard InChI is InChI=1S/C22H24N2O5/c1-27-16-6-8-17(9-7-16)28-14-20(25)24-12-10-22(11-13-24)15-23-21(26)18-4-2-3-5-19(18)29-22/h2-9H,10-15H2,1H3,(H,23,26). The largest absolute Gasteiger partial charge is 0.497 e. The molecule has 0 atom stereocenters. The van der Waals surface area contributed by atoms with Gasteiger partial charge in [0, 0.05) is 25.9 Å². The van der Waals surface area contributed by atoms with Crippen LogP contribution in [-0.4, -0.2) is 55.7 Å². The van der Waals surface area contributed by atoms with Crippen molar-refractivity contribution in [3.63, 3.8) is 0 Å². The highest BCUT2D eigenvalue weighted by molar-refractivity contribution is 5.97. The molecule has 1 N–H and O–H groups in total. The quantitative estimate of drug-likeness (QED) is 0.858. The number of amides is 2. The van der Waals surface area contributed by atoms with Crippen LogP contribution in [0.25, 0.3) is 0 Å². The zero-order valence-electron chi connectivity index (χ0n) is 16.3. The van der Waals surface area contributed by atoms with Crippen LogP contribution >= 0.6 is 0 Å². The number of carbonyl (C=O) groups is 2. The molecule has 2 aromatic carbocycles. The minimum absolute atomic E-state index is 0.0141. The Morgan fingerprint density at radius 1 is 1.10 bits per heavy atom. The Bertz CT molecular complexity index is 888. The molecule has 2 aromatic rings. The van der Waals surface area contributed by atoms with Gasteiger partial charge in [-0.3, -0.25) is 9.59 Å². The molecule has 29 heavy (non-hydrogen) atoms. The summed E-state index contributed by atoms with van der Waals surface area (Å²) in [7, 11) is 1.60. The zero-order chi connectivity index (χ0) is 20.3. The second-order valence-electron chi connectivity index (χ2n) is 7.31. The molecular weight excluding hydrogens is 372 g/mol. The Labute approximate surface area is 169 Å². The average molecular weight is 396 g/mol. The number of benzene rings is 2. The molecule has 4 rings (SSSR count). The van der Waals surface area contributed by atoms with E-state index >= 15 is 0 Å². The highest BCUT2D eigenvalue weighted by atomic mass is 16.5. The molecule has 0 saturated carbocycles. The van der Waals surface area contributed by atoms with E-state index in [1.165, 1.54) is 0 Å². The van der Waals surface area contributed by atoms with E-state index in [-0.39, 0.29) is 18.4 Å². The number of hydrogen-bond acceptors (Lipinski definition) is 5. The summed E-state index contributed by atoms with van der Waals surface area (Å²) in [6.45, 7) is 1.54. The van der Waals surface area contributed by atoms with Gasteiger partial charge in [-0.05, 0) is 36.4 Å². The number of rotatable bonds is 4. The highest BCUT2D eigenvalue weighted by Gasteiger charge is 2.40. The van der Waals surface area contributed by atoms with Crippen molar-refractivity contribution >= 4 is 11.8 Å². The first-order valence-corrected chi connectivity index (χ1v) is 9.69. The molecule has 2 heterocycles. The maximum atomic E-state index is 12.5. The smallest absolute Gasteiger partial charge is 0.260 e. The predicted octanol–water partition coefficient (Wildman–Crippen LogP) is 2.26. The number of likely N-dealkylation sites (tertiary alicyclic amines) is 1. The summed E-state index contributed by atoms with van der Waals surface area (Å²) in [5.41, 5.74) is 0.0614. The van der Waals surface area contributed by atoms with Gasteiger partial charge >= 0.3 is 0 Å². The van der Waals surface area contributed by atoms with E-state index < -0.39 is 5.60 Å². The van der Waals surface area contributed by atoms with Gasteiger partial charge < -0.3 is 24.4 Å². The van der Waals surface area contributed by atoms with Crippen molar-refractivity contribution in [2.24, 2.45) is 0 Å². The Balaban J connectivity index is 1.34. The number of hydrogen-bond donors (Lipinski definition) is 1. The van der Waals surface area contributed by atoms with Crippen molar-refractivity contribution in [1.29, 1.82) is 0 Å². The SMILES string of the molecule is COc1ccc(OCC(=O)N2CCC3(CC2)CNC(=O)c2ccccc2O3)cc1.